The van der Waals surface area contributed by atoms with E-state index in [0.29, 0.717) is 12.8 Å². The van der Waals surface area contributed by atoms with Crippen molar-refractivity contribution in [3.63, 3.8) is 0 Å². The molecule has 2 aromatic heterocycles. The van der Waals surface area contributed by atoms with Gasteiger partial charge in [-0.05, 0) is 38.8 Å². The first kappa shape index (κ1) is 50.5. The predicted octanol–water partition coefficient (Wildman–Crippen LogP) is 5.04. The number of esters is 4. The molecule has 340 valence electrons. The number of nitrogens with zero attached hydrogens (tertiary/aromatic N) is 4. The van der Waals surface area contributed by atoms with Gasteiger partial charge in [0.2, 0.25) is 12.4 Å². The molecule has 1 aliphatic heterocycles. The molecule has 0 aliphatic carbocycles. The van der Waals surface area contributed by atoms with Crippen LogP contribution in [0.4, 0.5) is 10.6 Å². The van der Waals surface area contributed by atoms with Crippen molar-refractivity contribution in [2.24, 2.45) is 11.8 Å². The van der Waals surface area contributed by atoms with E-state index < -0.39 is 105 Å². The van der Waals surface area contributed by atoms with Crippen molar-refractivity contribution >= 4 is 49.1 Å². The fourth-order valence-electron chi connectivity index (χ4n) is 5.75. The standard InChI is InChI=1S/C39H59N6O15P/c1-9-11-13-17-52-31(46)19-27(37(49)53-18-14-12-10-2)44-61(51,56-23-54-38(50)57-26(7)8)55-20-29-32(58-35(47)24(3)4)33(59-36(48)25(5)6)39(21-40,60-29)30-16-15-28-34(41)42-22-43-45(28)30/h15-16,22,24-27,29,32-33H,9-14,17-20,23H2,1-8H3,(H,44,51)(H2,41,42,43)/t27-,29+,32+,33+,39-,61?/m0/s1. The number of anilines is 1. The minimum absolute atomic E-state index is 0.00768. The van der Waals surface area contributed by atoms with Crippen LogP contribution in [0.3, 0.4) is 0 Å². The van der Waals surface area contributed by atoms with Crippen LogP contribution in [0.5, 0.6) is 0 Å². The lowest BCUT2D eigenvalue weighted by atomic mass is 9.92. The molecule has 1 unspecified atom stereocenters. The van der Waals surface area contributed by atoms with Gasteiger partial charge in [0.05, 0.1) is 49.9 Å². The topological polar surface area (TPSA) is 278 Å². The highest BCUT2D eigenvalue weighted by Gasteiger charge is 2.63. The van der Waals surface area contributed by atoms with Crippen LogP contribution in [-0.4, -0.2) is 102 Å². The zero-order chi connectivity index (χ0) is 45.3. The van der Waals surface area contributed by atoms with E-state index in [1.807, 2.05) is 13.8 Å². The van der Waals surface area contributed by atoms with Crippen LogP contribution >= 0.6 is 7.75 Å². The Morgan fingerprint density at radius 2 is 1.56 bits per heavy atom. The number of carbonyl (C=O) groups excluding carboxylic acids is 5. The fourth-order valence-corrected chi connectivity index (χ4v) is 7.09. The molecule has 0 amide bonds. The maximum absolute atomic E-state index is 14.7. The molecule has 61 heavy (non-hydrogen) atoms. The summed E-state index contributed by atoms with van der Waals surface area (Å²) in [7, 11) is -4.95. The Bertz CT molecular complexity index is 1880. The third-order valence-electron chi connectivity index (χ3n) is 8.98. The maximum Gasteiger partial charge on any atom is 0.510 e. The van der Waals surface area contributed by atoms with E-state index >= 15 is 0 Å². The number of nitrogens with one attached hydrogen (secondary N) is 1. The van der Waals surface area contributed by atoms with Gasteiger partial charge in [0, 0.05) is 0 Å². The van der Waals surface area contributed by atoms with Gasteiger partial charge in [0.15, 0.2) is 18.0 Å². The van der Waals surface area contributed by atoms with Gasteiger partial charge in [0.25, 0.3) is 0 Å². The van der Waals surface area contributed by atoms with Crippen LogP contribution in [0.15, 0.2) is 18.5 Å². The average Bonchev–Trinajstić information content (AvgIpc) is 3.77. The van der Waals surface area contributed by atoms with Crippen LogP contribution in [0, 0.1) is 23.2 Å². The number of fused-ring (bicyclic) bond motifs is 1. The minimum atomic E-state index is -4.95. The molecule has 21 nitrogen and oxygen atoms in total. The first-order chi connectivity index (χ1) is 28.9. The second kappa shape index (κ2) is 23.9. The van der Waals surface area contributed by atoms with Crippen LogP contribution in [0.25, 0.3) is 5.52 Å². The molecule has 6 atom stereocenters. The first-order valence-corrected chi connectivity index (χ1v) is 21.9. The lowest BCUT2D eigenvalue weighted by molar-refractivity contribution is -0.173. The van der Waals surface area contributed by atoms with E-state index in [1.54, 1.807) is 41.5 Å². The first-order valence-electron chi connectivity index (χ1n) is 20.3. The van der Waals surface area contributed by atoms with Crippen LogP contribution < -0.4 is 10.8 Å². The largest absolute Gasteiger partial charge is 0.510 e. The van der Waals surface area contributed by atoms with Crippen LogP contribution in [-0.2, 0) is 71.5 Å². The molecule has 0 bridgehead atoms. The second-order valence-electron chi connectivity index (χ2n) is 15.0. The van der Waals surface area contributed by atoms with Gasteiger partial charge in [0.1, 0.15) is 30.1 Å². The highest BCUT2D eigenvalue weighted by atomic mass is 31.2. The van der Waals surface area contributed by atoms with Crippen molar-refractivity contribution < 1.29 is 70.7 Å². The Balaban J connectivity index is 2.10. The van der Waals surface area contributed by atoms with Crippen LogP contribution in [0.1, 0.15) is 106 Å². The molecule has 0 saturated carbocycles. The molecule has 3 heterocycles. The normalized spacial score (nSPS) is 20.2. The van der Waals surface area contributed by atoms with Gasteiger partial charge in [-0.2, -0.15) is 10.4 Å². The van der Waals surface area contributed by atoms with Gasteiger partial charge in [-0.1, -0.05) is 67.2 Å². The highest BCUT2D eigenvalue weighted by molar-refractivity contribution is 7.51. The monoisotopic (exact) mass is 882 g/mol. The number of nitrogen functional groups attached to an aromatic ring is 1. The smallest absolute Gasteiger partial charge is 0.466 e. The quantitative estimate of drug-likeness (QED) is 0.0434. The lowest BCUT2D eigenvalue weighted by Crippen LogP contribution is -2.47. The second-order valence-corrected chi connectivity index (χ2v) is 16.8. The summed E-state index contributed by atoms with van der Waals surface area (Å²) in [5.41, 5.74) is 4.05. The number of carbonyl (C=O) groups is 5. The molecule has 3 N–H and O–H groups in total. The van der Waals surface area contributed by atoms with Crippen molar-refractivity contribution in [3.05, 3.63) is 24.2 Å². The maximum atomic E-state index is 14.7. The summed E-state index contributed by atoms with van der Waals surface area (Å²) in [6.07, 6.45) is -1.96. The van der Waals surface area contributed by atoms with Gasteiger partial charge < -0.3 is 38.9 Å². The Morgan fingerprint density at radius 3 is 2.16 bits per heavy atom. The molecule has 0 spiro atoms. The number of unbranched alkanes of at least 4 members (excludes halogenated alkanes) is 4. The lowest BCUT2D eigenvalue weighted by Gasteiger charge is -2.29. The molecule has 2 aromatic rings. The van der Waals surface area contributed by atoms with Gasteiger partial charge in [-0.3, -0.25) is 28.2 Å². The summed E-state index contributed by atoms with van der Waals surface area (Å²) in [4.78, 5) is 69.2. The number of nitriles is 1. The summed E-state index contributed by atoms with van der Waals surface area (Å²) < 4.78 is 66.0. The number of hydrogen-bond donors (Lipinski definition) is 2. The van der Waals surface area contributed by atoms with Gasteiger partial charge >= 0.3 is 37.8 Å². The summed E-state index contributed by atoms with van der Waals surface area (Å²) in [5.74, 6) is -4.84. The van der Waals surface area contributed by atoms with Crippen molar-refractivity contribution in [1.82, 2.24) is 19.7 Å². The average molecular weight is 883 g/mol. The molecule has 0 aromatic carbocycles. The number of hydrogen-bond acceptors (Lipinski definition) is 19. The molecule has 3 rings (SSSR count). The highest BCUT2D eigenvalue weighted by Crippen LogP contribution is 2.48. The molecular weight excluding hydrogens is 823 g/mol. The molecule has 1 aliphatic rings. The zero-order valence-electron chi connectivity index (χ0n) is 36.0. The Hall–Kier alpha value is -4.87. The van der Waals surface area contributed by atoms with E-state index in [-0.39, 0.29) is 30.2 Å². The van der Waals surface area contributed by atoms with Gasteiger partial charge in [-0.25, -0.2) is 23.9 Å². The zero-order valence-corrected chi connectivity index (χ0v) is 36.9. The Morgan fingerprint density at radius 1 is 0.918 bits per heavy atom. The third-order valence-corrected chi connectivity index (χ3v) is 10.5. The summed E-state index contributed by atoms with van der Waals surface area (Å²) in [6.45, 7) is 11.4. The number of nitrogens with two attached hydrogens (primary N) is 1. The predicted molar refractivity (Wildman–Crippen MR) is 214 cm³/mol. The molecule has 0 radical (unpaired) electrons. The van der Waals surface area contributed by atoms with E-state index in [2.05, 4.69) is 21.2 Å². The van der Waals surface area contributed by atoms with Crippen molar-refractivity contribution in [1.29, 1.82) is 5.26 Å². The summed E-state index contributed by atoms with van der Waals surface area (Å²) >= 11 is 0. The summed E-state index contributed by atoms with van der Waals surface area (Å²) in [6, 6.07) is 3.31. The third kappa shape index (κ3) is 14.4. The Labute approximate surface area is 355 Å². The minimum Gasteiger partial charge on any atom is -0.466 e. The van der Waals surface area contributed by atoms with Crippen LogP contribution in [0.2, 0.25) is 0 Å². The van der Waals surface area contributed by atoms with Gasteiger partial charge in [-0.15, -0.1) is 0 Å². The van der Waals surface area contributed by atoms with E-state index in [4.69, 9.17) is 47.9 Å². The Kier molecular flexibility index (Phi) is 19.8. The number of ether oxygens (including phenoxy) is 7. The molecule has 22 heteroatoms. The van der Waals surface area contributed by atoms with Crippen molar-refractivity contribution in [2.75, 3.05) is 32.3 Å². The van der Waals surface area contributed by atoms with E-state index in [9.17, 15) is 33.8 Å². The number of rotatable bonds is 25. The van der Waals surface area contributed by atoms with Crippen molar-refractivity contribution in [3.8, 4) is 6.07 Å². The number of aromatic nitrogens is 3. The fraction of sp³-hybridized carbons (Fsp3) is 0.692. The SMILES string of the molecule is CCCCCOC(=O)C[C@H](NP(=O)(OCOC(=O)OC(C)C)OC[C@H]1O[C@@](C#N)(c2ccc3c(N)ncnn23)[C@H](OC(=O)C(C)C)[C@@H]1OC(=O)C(C)C)C(=O)OCCCCC. The summed E-state index contributed by atoms with van der Waals surface area (Å²) in [5, 5.41) is 17.6. The molecule has 1 saturated heterocycles. The van der Waals surface area contributed by atoms with E-state index in [1.165, 1.54) is 16.6 Å². The molecular formula is C39H59N6O15P. The van der Waals surface area contributed by atoms with Crippen molar-refractivity contribution in [2.45, 2.75) is 136 Å². The molecule has 1 fully saturated rings. The van der Waals surface area contributed by atoms with E-state index in [0.717, 1.165) is 32.0 Å².